The smallest absolute Gasteiger partial charge is 0.110 e. The van der Waals surface area contributed by atoms with E-state index in [1.54, 1.807) is 11.3 Å². The summed E-state index contributed by atoms with van der Waals surface area (Å²) in [5.41, 5.74) is 8.11. The first kappa shape index (κ1) is 13.2. The van der Waals surface area contributed by atoms with Gasteiger partial charge in [-0.1, -0.05) is 30.3 Å². The minimum absolute atomic E-state index is 0. The van der Waals surface area contributed by atoms with Gasteiger partial charge in [0.15, 0.2) is 0 Å². The molecule has 0 aliphatic heterocycles. The van der Waals surface area contributed by atoms with Gasteiger partial charge >= 0.3 is 0 Å². The van der Waals surface area contributed by atoms with Crippen molar-refractivity contribution in [1.29, 1.82) is 0 Å². The van der Waals surface area contributed by atoms with Crippen LogP contribution >= 0.6 is 23.7 Å². The molecule has 0 bridgehead atoms. The van der Waals surface area contributed by atoms with Gasteiger partial charge in [0.1, 0.15) is 5.01 Å². The Labute approximate surface area is 106 Å². The standard InChI is InChI=1S/C12H14N2S.ClH/c1-8(13)12-14-9(2)11(15-12)10-6-4-3-5-7-10;/h3-8H,13H2,1-2H3;1H. The molecule has 0 fully saturated rings. The minimum atomic E-state index is 0. The van der Waals surface area contributed by atoms with Gasteiger partial charge in [-0.15, -0.1) is 23.7 Å². The first-order chi connectivity index (χ1) is 7.18. The molecule has 2 rings (SSSR count). The molecule has 0 aliphatic rings. The Bertz CT molecular complexity index is 451. The molecule has 0 saturated heterocycles. The van der Waals surface area contributed by atoms with Crippen LogP contribution in [-0.2, 0) is 0 Å². The van der Waals surface area contributed by atoms with Gasteiger partial charge < -0.3 is 5.73 Å². The number of hydrogen-bond donors (Lipinski definition) is 1. The lowest BCUT2D eigenvalue weighted by atomic mass is 10.2. The molecular formula is C12H15ClN2S. The molecule has 0 saturated carbocycles. The highest BCUT2D eigenvalue weighted by Crippen LogP contribution is 2.31. The number of aryl methyl sites for hydroxylation is 1. The maximum atomic E-state index is 5.82. The molecule has 0 spiro atoms. The number of thiazole rings is 1. The molecule has 0 amide bonds. The van der Waals surface area contributed by atoms with Gasteiger partial charge in [-0.05, 0) is 19.4 Å². The van der Waals surface area contributed by atoms with Crippen molar-refractivity contribution >= 4 is 23.7 Å². The minimum Gasteiger partial charge on any atom is -0.322 e. The molecule has 2 aromatic rings. The SMILES string of the molecule is Cc1nc(C(C)N)sc1-c1ccccc1.Cl. The highest BCUT2D eigenvalue weighted by molar-refractivity contribution is 7.15. The van der Waals surface area contributed by atoms with Crippen LogP contribution < -0.4 is 5.73 Å². The van der Waals surface area contributed by atoms with Crippen molar-refractivity contribution < 1.29 is 0 Å². The second-order valence-corrected chi connectivity index (χ2v) is 4.65. The summed E-state index contributed by atoms with van der Waals surface area (Å²) < 4.78 is 0. The summed E-state index contributed by atoms with van der Waals surface area (Å²) in [6.07, 6.45) is 0. The Morgan fingerprint density at radius 3 is 2.38 bits per heavy atom. The predicted octanol–water partition coefficient (Wildman–Crippen LogP) is 3.56. The molecule has 1 atom stereocenters. The summed E-state index contributed by atoms with van der Waals surface area (Å²) in [4.78, 5) is 5.70. The lowest BCUT2D eigenvalue weighted by Gasteiger charge is -1.97. The zero-order chi connectivity index (χ0) is 10.8. The summed E-state index contributed by atoms with van der Waals surface area (Å²) in [7, 11) is 0. The Hall–Kier alpha value is -0.900. The zero-order valence-electron chi connectivity index (χ0n) is 9.31. The number of nitrogens with two attached hydrogens (primary N) is 1. The lowest BCUT2D eigenvalue weighted by Crippen LogP contribution is -2.03. The van der Waals surface area contributed by atoms with Crippen molar-refractivity contribution in [3.05, 3.63) is 41.0 Å². The summed E-state index contributed by atoms with van der Waals surface area (Å²) in [5, 5.41) is 1.01. The van der Waals surface area contributed by atoms with Gasteiger partial charge in [-0.2, -0.15) is 0 Å². The maximum Gasteiger partial charge on any atom is 0.110 e. The van der Waals surface area contributed by atoms with E-state index in [9.17, 15) is 0 Å². The molecule has 1 aromatic carbocycles. The van der Waals surface area contributed by atoms with Crippen LogP contribution in [-0.4, -0.2) is 4.98 Å². The number of halogens is 1. The van der Waals surface area contributed by atoms with Crippen molar-refractivity contribution in [2.24, 2.45) is 5.73 Å². The highest BCUT2D eigenvalue weighted by atomic mass is 35.5. The molecule has 4 heteroatoms. The number of aromatic nitrogens is 1. The Morgan fingerprint density at radius 2 is 1.88 bits per heavy atom. The van der Waals surface area contributed by atoms with Crippen LogP contribution in [0.3, 0.4) is 0 Å². The molecule has 86 valence electrons. The van der Waals surface area contributed by atoms with Crippen molar-refractivity contribution in [3.8, 4) is 10.4 Å². The van der Waals surface area contributed by atoms with Gasteiger partial charge in [0.05, 0.1) is 16.6 Å². The molecule has 1 aromatic heterocycles. The quantitative estimate of drug-likeness (QED) is 0.890. The van der Waals surface area contributed by atoms with Crippen LogP contribution in [0.15, 0.2) is 30.3 Å². The van der Waals surface area contributed by atoms with Crippen molar-refractivity contribution in [1.82, 2.24) is 4.98 Å². The number of hydrogen-bond acceptors (Lipinski definition) is 3. The van der Waals surface area contributed by atoms with E-state index < -0.39 is 0 Å². The fraction of sp³-hybridized carbons (Fsp3) is 0.250. The Morgan fingerprint density at radius 1 is 1.25 bits per heavy atom. The van der Waals surface area contributed by atoms with Crippen LogP contribution in [0.4, 0.5) is 0 Å². The van der Waals surface area contributed by atoms with Crippen LogP contribution in [0.1, 0.15) is 23.7 Å². The van der Waals surface area contributed by atoms with Crippen LogP contribution in [0, 0.1) is 6.92 Å². The second-order valence-electron chi connectivity index (χ2n) is 3.62. The van der Waals surface area contributed by atoms with Gasteiger partial charge in [0.25, 0.3) is 0 Å². The van der Waals surface area contributed by atoms with Gasteiger partial charge in [-0.25, -0.2) is 4.98 Å². The molecule has 16 heavy (non-hydrogen) atoms. The van der Waals surface area contributed by atoms with Gasteiger partial charge in [-0.3, -0.25) is 0 Å². The predicted molar refractivity (Wildman–Crippen MR) is 72.1 cm³/mol. The van der Waals surface area contributed by atoms with E-state index in [-0.39, 0.29) is 18.4 Å². The molecule has 2 N–H and O–H groups in total. The molecule has 2 nitrogen and oxygen atoms in total. The van der Waals surface area contributed by atoms with Crippen molar-refractivity contribution in [3.63, 3.8) is 0 Å². The summed E-state index contributed by atoms with van der Waals surface area (Å²) in [6, 6.07) is 10.3. The molecule has 0 aliphatic carbocycles. The maximum absolute atomic E-state index is 5.82. The van der Waals surface area contributed by atoms with E-state index in [2.05, 4.69) is 17.1 Å². The van der Waals surface area contributed by atoms with E-state index in [0.29, 0.717) is 0 Å². The third-order valence-electron chi connectivity index (χ3n) is 2.24. The topological polar surface area (TPSA) is 38.9 Å². The van der Waals surface area contributed by atoms with E-state index >= 15 is 0 Å². The average Bonchev–Trinajstić information content (AvgIpc) is 2.62. The van der Waals surface area contributed by atoms with Crippen LogP contribution in [0.25, 0.3) is 10.4 Å². The van der Waals surface area contributed by atoms with Crippen molar-refractivity contribution in [2.45, 2.75) is 19.9 Å². The summed E-state index contributed by atoms with van der Waals surface area (Å²) >= 11 is 1.68. The molecular weight excluding hydrogens is 240 g/mol. The van der Waals surface area contributed by atoms with E-state index in [1.165, 1.54) is 10.4 Å². The highest BCUT2D eigenvalue weighted by Gasteiger charge is 2.11. The number of nitrogens with zero attached hydrogens (tertiary/aromatic N) is 1. The van der Waals surface area contributed by atoms with Crippen molar-refractivity contribution in [2.75, 3.05) is 0 Å². The fourth-order valence-electron chi connectivity index (χ4n) is 1.47. The van der Waals surface area contributed by atoms with E-state index in [1.807, 2.05) is 32.0 Å². The normalized spacial score (nSPS) is 11.9. The van der Waals surface area contributed by atoms with Gasteiger partial charge in [0, 0.05) is 0 Å². The first-order valence-corrected chi connectivity index (χ1v) is 5.78. The average molecular weight is 255 g/mol. The van der Waals surface area contributed by atoms with Gasteiger partial charge in [0.2, 0.25) is 0 Å². The van der Waals surface area contributed by atoms with Crippen LogP contribution in [0.2, 0.25) is 0 Å². The largest absolute Gasteiger partial charge is 0.322 e. The second kappa shape index (κ2) is 5.43. The monoisotopic (exact) mass is 254 g/mol. The third-order valence-corrected chi connectivity index (χ3v) is 3.65. The van der Waals surface area contributed by atoms with E-state index in [4.69, 9.17) is 5.73 Å². The Balaban J connectivity index is 0.00000128. The molecule has 0 radical (unpaired) electrons. The lowest BCUT2D eigenvalue weighted by molar-refractivity contribution is 0.803. The Kier molecular flexibility index (Phi) is 4.47. The van der Waals surface area contributed by atoms with E-state index in [0.717, 1.165) is 10.7 Å². The fourth-order valence-corrected chi connectivity index (χ4v) is 2.49. The first-order valence-electron chi connectivity index (χ1n) is 4.97. The molecule has 1 unspecified atom stereocenters. The number of rotatable bonds is 2. The third kappa shape index (κ3) is 2.61. The van der Waals surface area contributed by atoms with Crippen LogP contribution in [0.5, 0.6) is 0 Å². The summed E-state index contributed by atoms with van der Waals surface area (Å²) in [6.45, 7) is 4.00. The summed E-state index contributed by atoms with van der Waals surface area (Å²) in [5.74, 6) is 0. The number of benzene rings is 1. The molecule has 1 heterocycles. The zero-order valence-corrected chi connectivity index (χ0v) is 10.9.